The van der Waals surface area contributed by atoms with Crippen LogP contribution in [-0.4, -0.2) is 43.0 Å². The second-order valence-electron chi connectivity index (χ2n) is 1.94. The molecule has 5 nitrogen and oxygen atoms in total. The van der Waals surface area contributed by atoms with Crippen LogP contribution < -0.4 is 0 Å². The summed E-state index contributed by atoms with van der Waals surface area (Å²) in [6.45, 7) is 0.907. The third kappa shape index (κ3) is 2.03. The van der Waals surface area contributed by atoms with Crippen molar-refractivity contribution in [1.29, 1.82) is 0 Å². The second kappa shape index (κ2) is 3.87. The predicted molar refractivity (Wildman–Crippen MR) is 40.7 cm³/mol. The molecule has 0 bridgehead atoms. The summed E-state index contributed by atoms with van der Waals surface area (Å²) in [6.07, 6.45) is 0. The molecule has 6 heteroatoms. The average Bonchev–Trinajstić information content (AvgIpc) is 2.05. The lowest BCUT2D eigenvalue weighted by molar-refractivity contribution is -0.210. The summed E-state index contributed by atoms with van der Waals surface area (Å²) in [7, 11) is 3.10. The molecule has 0 spiro atoms. The van der Waals surface area contributed by atoms with Gasteiger partial charge in [-0.15, -0.1) is 5.06 Å². The summed E-state index contributed by atoms with van der Waals surface area (Å²) in [5, 5.41) is 3.38. The fourth-order valence-electron chi connectivity index (χ4n) is 0.711. The van der Waals surface area contributed by atoms with E-state index in [2.05, 4.69) is 4.99 Å². The molecular formula is C5H10ClN3O2. The third-order valence-electron chi connectivity index (χ3n) is 1.33. The molecule has 1 heterocycles. The van der Waals surface area contributed by atoms with Crippen LogP contribution in [0.4, 0.5) is 0 Å². The largest absolute Gasteiger partial charge is 0.299 e. The number of amidine groups is 1. The van der Waals surface area contributed by atoms with Gasteiger partial charge in [0.05, 0.1) is 14.2 Å². The Morgan fingerprint density at radius 2 is 2.18 bits per heavy atom. The molecule has 0 aromatic heterocycles. The second-order valence-corrected chi connectivity index (χ2v) is 2.27. The maximum atomic E-state index is 5.67. The highest BCUT2D eigenvalue weighted by atomic mass is 35.5. The fraction of sp³-hybridized carbons (Fsp3) is 0.800. The van der Waals surface area contributed by atoms with E-state index in [9.17, 15) is 0 Å². The zero-order valence-corrected chi connectivity index (χ0v) is 7.21. The Balaban J connectivity index is 2.53. The Hall–Kier alpha value is -0.360. The zero-order chi connectivity index (χ0) is 8.27. The van der Waals surface area contributed by atoms with Gasteiger partial charge in [0, 0.05) is 0 Å². The van der Waals surface area contributed by atoms with Gasteiger partial charge in [-0.1, -0.05) is 0 Å². The van der Waals surface area contributed by atoms with E-state index in [0.29, 0.717) is 18.6 Å². The van der Waals surface area contributed by atoms with Gasteiger partial charge < -0.3 is 0 Å². The minimum atomic E-state index is 0.348. The summed E-state index contributed by atoms with van der Waals surface area (Å²) >= 11 is 5.67. The van der Waals surface area contributed by atoms with Crippen molar-refractivity contribution in [1.82, 2.24) is 10.1 Å². The van der Waals surface area contributed by atoms with Crippen LogP contribution in [0.5, 0.6) is 0 Å². The number of rotatable bonds is 2. The van der Waals surface area contributed by atoms with Crippen LogP contribution in [0.3, 0.4) is 0 Å². The maximum absolute atomic E-state index is 5.67. The molecule has 0 N–H and O–H groups in total. The van der Waals surface area contributed by atoms with E-state index in [-0.39, 0.29) is 0 Å². The zero-order valence-electron chi connectivity index (χ0n) is 6.45. The monoisotopic (exact) mass is 179 g/mol. The molecule has 0 aromatic carbocycles. The fourth-order valence-corrected chi connectivity index (χ4v) is 0.887. The van der Waals surface area contributed by atoms with Crippen LogP contribution in [0.1, 0.15) is 0 Å². The van der Waals surface area contributed by atoms with Crippen LogP contribution in [0.2, 0.25) is 0 Å². The van der Waals surface area contributed by atoms with Gasteiger partial charge in [0.15, 0.2) is 0 Å². The molecule has 1 aliphatic rings. The molecule has 11 heavy (non-hydrogen) atoms. The Kier molecular flexibility index (Phi) is 3.07. The summed E-state index contributed by atoms with van der Waals surface area (Å²) in [6, 6.07) is 0. The van der Waals surface area contributed by atoms with Gasteiger partial charge in [-0.3, -0.25) is 9.68 Å². The molecule has 0 fully saturated rings. The molecule has 0 aromatic rings. The summed E-state index contributed by atoms with van der Waals surface area (Å²) in [5.74, 6) is 0. The lowest BCUT2D eigenvalue weighted by atomic mass is 10.8. The Morgan fingerprint density at radius 3 is 2.73 bits per heavy atom. The number of hydroxylamine groups is 4. The van der Waals surface area contributed by atoms with E-state index in [4.69, 9.17) is 21.3 Å². The van der Waals surface area contributed by atoms with Crippen LogP contribution in [0, 0.1) is 0 Å². The number of hydrogen-bond donors (Lipinski definition) is 0. The minimum absolute atomic E-state index is 0.348. The van der Waals surface area contributed by atoms with Crippen molar-refractivity contribution < 1.29 is 9.68 Å². The van der Waals surface area contributed by atoms with Crippen LogP contribution >= 0.6 is 11.6 Å². The van der Waals surface area contributed by atoms with Crippen molar-refractivity contribution in [3.8, 4) is 0 Å². The Labute approximate surface area is 70.0 Å². The molecule has 1 rings (SSSR count). The smallest absolute Gasteiger partial charge is 0.220 e. The quantitative estimate of drug-likeness (QED) is 0.569. The Bertz CT molecular complexity index is 164. The molecule has 0 atom stereocenters. The molecule has 64 valence electrons. The normalized spacial score (nSPS) is 20.3. The molecule has 0 unspecified atom stereocenters. The highest BCUT2D eigenvalue weighted by Gasteiger charge is 2.18. The van der Waals surface area contributed by atoms with E-state index < -0.39 is 0 Å². The van der Waals surface area contributed by atoms with Gasteiger partial charge in [0.1, 0.15) is 13.3 Å². The molecule has 0 amide bonds. The molecular weight excluding hydrogens is 170 g/mol. The average molecular weight is 180 g/mol. The van der Waals surface area contributed by atoms with Gasteiger partial charge in [0.2, 0.25) is 5.29 Å². The molecule has 1 aliphatic heterocycles. The van der Waals surface area contributed by atoms with Crippen molar-refractivity contribution in [3.05, 3.63) is 0 Å². The standard InChI is InChI=1S/C5H10ClN3O2/c1-10-8-3-7-5(6)9(4-8)11-2/h3-4H2,1-2H3. The SMILES string of the molecule is CON1CN=C(Cl)N(OC)C1. The van der Waals surface area contributed by atoms with Crippen molar-refractivity contribution in [2.75, 3.05) is 27.6 Å². The Morgan fingerprint density at radius 1 is 1.45 bits per heavy atom. The van der Waals surface area contributed by atoms with Gasteiger partial charge >= 0.3 is 0 Å². The molecule has 0 aliphatic carbocycles. The van der Waals surface area contributed by atoms with Gasteiger partial charge in [-0.2, -0.15) is 0 Å². The van der Waals surface area contributed by atoms with E-state index in [1.165, 1.54) is 12.2 Å². The van der Waals surface area contributed by atoms with Gasteiger partial charge in [-0.05, 0) is 11.6 Å². The summed E-state index contributed by atoms with van der Waals surface area (Å²) < 4.78 is 0. The minimum Gasteiger partial charge on any atom is -0.299 e. The first-order chi connectivity index (χ1) is 5.27. The highest BCUT2D eigenvalue weighted by Crippen LogP contribution is 2.06. The predicted octanol–water partition coefficient (Wildman–Crippen LogP) is 0.237. The summed E-state index contributed by atoms with van der Waals surface area (Å²) in [5.41, 5.74) is 0. The highest BCUT2D eigenvalue weighted by molar-refractivity contribution is 6.64. The van der Waals surface area contributed by atoms with Crippen LogP contribution in [0.25, 0.3) is 0 Å². The van der Waals surface area contributed by atoms with Crippen molar-refractivity contribution >= 4 is 16.9 Å². The van der Waals surface area contributed by atoms with Gasteiger partial charge in [0.25, 0.3) is 0 Å². The summed E-state index contributed by atoms with van der Waals surface area (Å²) in [4.78, 5) is 13.7. The van der Waals surface area contributed by atoms with E-state index in [1.54, 1.807) is 12.2 Å². The van der Waals surface area contributed by atoms with Crippen molar-refractivity contribution in [2.45, 2.75) is 0 Å². The molecule has 0 radical (unpaired) electrons. The molecule has 0 saturated heterocycles. The number of halogens is 1. The van der Waals surface area contributed by atoms with Crippen molar-refractivity contribution in [3.63, 3.8) is 0 Å². The van der Waals surface area contributed by atoms with Crippen LogP contribution in [-0.2, 0) is 9.68 Å². The maximum Gasteiger partial charge on any atom is 0.220 e. The first-order valence-electron chi connectivity index (χ1n) is 3.08. The van der Waals surface area contributed by atoms with E-state index >= 15 is 0 Å². The number of hydrogen-bond acceptors (Lipinski definition) is 5. The first kappa shape index (κ1) is 8.73. The van der Waals surface area contributed by atoms with Gasteiger partial charge in [-0.25, -0.2) is 10.1 Å². The number of aliphatic imine (C=N–C) groups is 1. The first-order valence-corrected chi connectivity index (χ1v) is 3.46. The van der Waals surface area contributed by atoms with E-state index in [1.807, 2.05) is 0 Å². The molecule has 0 saturated carbocycles. The van der Waals surface area contributed by atoms with Crippen molar-refractivity contribution in [2.24, 2.45) is 4.99 Å². The lowest BCUT2D eigenvalue weighted by Crippen LogP contribution is -2.43. The topological polar surface area (TPSA) is 37.3 Å². The van der Waals surface area contributed by atoms with E-state index in [0.717, 1.165) is 0 Å². The third-order valence-corrected chi connectivity index (χ3v) is 1.64. The number of nitrogens with zero attached hydrogens (tertiary/aromatic N) is 3. The van der Waals surface area contributed by atoms with Crippen LogP contribution in [0.15, 0.2) is 4.99 Å². The lowest BCUT2D eigenvalue weighted by Gasteiger charge is -2.29.